The van der Waals surface area contributed by atoms with Gasteiger partial charge in [0.2, 0.25) is 5.82 Å². The van der Waals surface area contributed by atoms with Gasteiger partial charge in [0.05, 0.1) is 0 Å². The van der Waals surface area contributed by atoms with E-state index in [-0.39, 0.29) is 5.82 Å². The Balaban J connectivity index is 2.07. The van der Waals surface area contributed by atoms with Crippen LogP contribution in [0.4, 0.5) is 0 Å². The van der Waals surface area contributed by atoms with Crippen molar-refractivity contribution in [3.8, 4) is 11.9 Å². The number of benzene rings is 1. The lowest BCUT2D eigenvalue weighted by Crippen LogP contribution is -1.99. The number of nitriles is 1. The number of fused-ring (bicyclic) bond motifs is 3. The van der Waals surface area contributed by atoms with Gasteiger partial charge in [0.15, 0.2) is 5.58 Å². The van der Waals surface area contributed by atoms with E-state index in [1.54, 1.807) is 0 Å². The van der Waals surface area contributed by atoms with Gasteiger partial charge in [-0.25, -0.2) is 15.0 Å². The summed E-state index contributed by atoms with van der Waals surface area (Å²) in [5.74, 6) is 0.535. The monoisotopic (exact) mass is 262 g/mol. The van der Waals surface area contributed by atoms with Crippen molar-refractivity contribution < 1.29 is 4.42 Å². The molecule has 0 bridgehead atoms. The molecule has 0 aliphatic heterocycles. The Bertz CT molecular complexity index is 977. The predicted molar refractivity (Wildman–Crippen MR) is 68.9 cm³/mol. The number of aromatic nitrogens is 5. The Labute approximate surface area is 112 Å². The van der Waals surface area contributed by atoms with E-state index in [9.17, 15) is 0 Å². The van der Waals surface area contributed by atoms with Gasteiger partial charge in [0.25, 0.3) is 5.82 Å². The first kappa shape index (κ1) is 10.6. The number of rotatable bonds is 1. The Morgan fingerprint density at radius 2 is 2.05 bits per heavy atom. The summed E-state index contributed by atoms with van der Waals surface area (Å²) in [5, 5.41) is 13.7. The highest BCUT2D eigenvalue weighted by atomic mass is 16.3. The highest BCUT2D eigenvalue weighted by Crippen LogP contribution is 2.29. The molecule has 1 aromatic carbocycles. The van der Waals surface area contributed by atoms with Crippen LogP contribution in [0.1, 0.15) is 5.82 Å². The molecule has 0 aliphatic rings. The van der Waals surface area contributed by atoms with Crippen LogP contribution in [0.2, 0.25) is 0 Å². The first-order valence-corrected chi connectivity index (χ1v) is 5.81. The van der Waals surface area contributed by atoms with Crippen LogP contribution >= 0.6 is 0 Å². The van der Waals surface area contributed by atoms with Gasteiger partial charge < -0.3 is 4.42 Å². The summed E-state index contributed by atoms with van der Waals surface area (Å²) >= 11 is 0. The second kappa shape index (κ2) is 3.86. The fourth-order valence-electron chi connectivity index (χ4n) is 2.09. The van der Waals surface area contributed by atoms with Crippen molar-refractivity contribution in [2.45, 2.75) is 0 Å². The molecule has 7 heteroatoms. The number of hydrogen-bond donors (Lipinski definition) is 0. The molecule has 4 aromatic rings. The molecular weight excluding hydrogens is 256 g/mol. The standard InChI is InChI=1S/C13H6N6O/c14-5-10-17-7-19(18-10)13-12-11(15-6-16-13)8-3-1-2-4-9(8)20-12/h1-4,6-7H. The van der Waals surface area contributed by atoms with E-state index >= 15 is 0 Å². The molecule has 4 rings (SSSR count). The third kappa shape index (κ3) is 1.39. The Morgan fingerprint density at radius 1 is 1.15 bits per heavy atom. The molecule has 0 unspecified atom stereocenters. The van der Waals surface area contributed by atoms with E-state index in [0.29, 0.717) is 16.9 Å². The van der Waals surface area contributed by atoms with Gasteiger partial charge >= 0.3 is 0 Å². The van der Waals surface area contributed by atoms with Crippen LogP contribution in [0.25, 0.3) is 27.9 Å². The smallest absolute Gasteiger partial charge is 0.252 e. The molecular formula is C13H6N6O. The van der Waals surface area contributed by atoms with Crippen molar-refractivity contribution in [3.63, 3.8) is 0 Å². The molecule has 0 atom stereocenters. The van der Waals surface area contributed by atoms with Crippen molar-refractivity contribution in [2.75, 3.05) is 0 Å². The van der Waals surface area contributed by atoms with Crippen molar-refractivity contribution in [2.24, 2.45) is 0 Å². The lowest BCUT2D eigenvalue weighted by Gasteiger charge is -1.98. The molecule has 3 heterocycles. The molecule has 0 saturated carbocycles. The molecule has 0 radical (unpaired) electrons. The zero-order valence-corrected chi connectivity index (χ0v) is 10.1. The predicted octanol–water partition coefficient (Wildman–Crippen LogP) is 1.83. The SMILES string of the molecule is N#Cc1ncn(-c2ncnc3c2oc2ccccc23)n1. The summed E-state index contributed by atoms with van der Waals surface area (Å²) in [6.07, 6.45) is 2.86. The lowest BCUT2D eigenvalue weighted by molar-refractivity contribution is 0.655. The maximum Gasteiger partial charge on any atom is 0.252 e. The van der Waals surface area contributed by atoms with Crippen LogP contribution < -0.4 is 0 Å². The molecule has 94 valence electrons. The average Bonchev–Trinajstić information content (AvgIpc) is 3.11. The Kier molecular flexibility index (Phi) is 2.05. The van der Waals surface area contributed by atoms with E-state index in [1.807, 2.05) is 30.3 Å². The van der Waals surface area contributed by atoms with Gasteiger partial charge in [-0.15, -0.1) is 5.10 Å². The van der Waals surface area contributed by atoms with Crippen molar-refractivity contribution in [3.05, 3.63) is 42.7 Å². The summed E-state index contributed by atoms with van der Waals surface area (Å²) in [5.41, 5.74) is 1.95. The third-order valence-electron chi connectivity index (χ3n) is 2.95. The zero-order valence-electron chi connectivity index (χ0n) is 10.1. The maximum absolute atomic E-state index is 8.78. The Hall–Kier alpha value is -3.27. The second-order valence-corrected chi connectivity index (χ2v) is 4.10. The van der Waals surface area contributed by atoms with Crippen LogP contribution in [0, 0.1) is 11.3 Å². The summed E-state index contributed by atoms with van der Waals surface area (Å²) in [7, 11) is 0. The summed E-state index contributed by atoms with van der Waals surface area (Å²) in [6, 6.07) is 9.48. The molecule has 20 heavy (non-hydrogen) atoms. The molecule has 7 nitrogen and oxygen atoms in total. The van der Waals surface area contributed by atoms with Gasteiger partial charge in [-0.05, 0) is 12.1 Å². The van der Waals surface area contributed by atoms with E-state index < -0.39 is 0 Å². The number of hydrogen-bond acceptors (Lipinski definition) is 6. The van der Waals surface area contributed by atoms with Crippen molar-refractivity contribution in [1.29, 1.82) is 5.26 Å². The fraction of sp³-hybridized carbons (Fsp3) is 0. The van der Waals surface area contributed by atoms with Crippen LogP contribution in [0.5, 0.6) is 0 Å². The molecule has 0 spiro atoms. The second-order valence-electron chi connectivity index (χ2n) is 4.10. The fourth-order valence-corrected chi connectivity index (χ4v) is 2.09. The topological polar surface area (TPSA) is 93.4 Å². The number of nitrogens with zero attached hydrogens (tertiary/aromatic N) is 6. The van der Waals surface area contributed by atoms with Crippen LogP contribution in [-0.2, 0) is 0 Å². The molecule has 0 aliphatic carbocycles. The van der Waals surface area contributed by atoms with Gasteiger partial charge in [-0.3, -0.25) is 0 Å². The summed E-state index contributed by atoms with van der Waals surface area (Å²) < 4.78 is 7.19. The van der Waals surface area contributed by atoms with Gasteiger partial charge in [-0.1, -0.05) is 12.1 Å². The first-order chi connectivity index (χ1) is 9.86. The van der Waals surface area contributed by atoms with Crippen LogP contribution in [-0.4, -0.2) is 24.7 Å². The quantitative estimate of drug-likeness (QED) is 0.519. The summed E-state index contributed by atoms with van der Waals surface area (Å²) in [6.45, 7) is 0. The number of furan rings is 1. The van der Waals surface area contributed by atoms with Gasteiger partial charge in [0.1, 0.15) is 29.8 Å². The molecule has 0 fully saturated rings. The normalized spacial score (nSPS) is 10.9. The van der Waals surface area contributed by atoms with E-state index in [1.165, 1.54) is 17.3 Å². The zero-order chi connectivity index (χ0) is 13.5. The highest BCUT2D eigenvalue weighted by molar-refractivity contribution is 6.04. The van der Waals surface area contributed by atoms with Crippen LogP contribution in [0.15, 0.2) is 41.3 Å². The molecule has 0 N–H and O–H groups in total. The third-order valence-corrected chi connectivity index (χ3v) is 2.95. The minimum atomic E-state index is 0.0767. The first-order valence-electron chi connectivity index (χ1n) is 5.81. The van der Waals surface area contributed by atoms with Crippen LogP contribution in [0.3, 0.4) is 0 Å². The van der Waals surface area contributed by atoms with Gasteiger partial charge in [0, 0.05) is 5.39 Å². The highest BCUT2D eigenvalue weighted by Gasteiger charge is 2.15. The minimum Gasteiger partial charge on any atom is -0.450 e. The molecule has 0 saturated heterocycles. The van der Waals surface area contributed by atoms with E-state index in [2.05, 4.69) is 20.1 Å². The Morgan fingerprint density at radius 3 is 2.90 bits per heavy atom. The average molecular weight is 262 g/mol. The maximum atomic E-state index is 8.78. The van der Waals surface area contributed by atoms with E-state index in [4.69, 9.17) is 9.68 Å². The van der Waals surface area contributed by atoms with Gasteiger partial charge in [-0.2, -0.15) is 9.94 Å². The summed E-state index contributed by atoms with van der Waals surface area (Å²) in [4.78, 5) is 12.3. The van der Waals surface area contributed by atoms with E-state index in [0.717, 1.165) is 11.0 Å². The molecule has 3 aromatic heterocycles. The minimum absolute atomic E-state index is 0.0767. The largest absolute Gasteiger partial charge is 0.450 e. The van der Waals surface area contributed by atoms with Crippen molar-refractivity contribution in [1.82, 2.24) is 24.7 Å². The molecule has 0 amide bonds. The lowest BCUT2D eigenvalue weighted by atomic mass is 10.2. The van der Waals surface area contributed by atoms with Crippen molar-refractivity contribution >= 4 is 22.1 Å². The number of para-hydroxylation sites is 1.